The Morgan fingerprint density at radius 1 is 1.13 bits per heavy atom. The molecule has 7 nitrogen and oxygen atoms in total. The maximum atomic E-state index is 12.7. The second kappa shape index (κ2) is 6.59. The van der Waals surface area contributed by atoms with E-state index in [1.54, 1.807) is 44.6 Å². The first-order valence-corrected chi connectivity index (χ1v) is 8.89. The van der Waals surface area contributed by atoms with Gasteiger partial charge >= 0.3 is 10.2 Å². The van der Waals surface area contributed by atoms with E-state index in [0.29, 0.717) is 24.5 Å². The summed E-state index contributed by atoms with van der Waals surface area (Å²) in [5, 5.41) is 0. The lowest BCUT2D eigenvalue weighted by atomic mass is 10.3. The highest BCUT2D eigenvalue weighted by molar-refractivity contribution is 7.90. The van der Waals surface area contributed by atoms with Crippen LogP contribution in [0.1, 0.15) is 19.5 Å². The fraction of sp³-hybridized carbons (Fsp3) is 0.400. The molecule has 0 unspecified atom stereocenters. The van der Waals surface area contributed by atoms with Crippen LogP contribution in [0.25, 0.3) is 5.69 Å². The molecule has 8 heteroatoms. The lowest BCUT2D eigenvalue weighted by Gasteiger charge is -2.18. The van der Waals surface area contributed by atoms with Crippen LogP contribution < -0.4 is 10.3 Å². The number of nitrogens with one attached hydrogen (secondary N) is 1. The summed E-state index contributed by atoms with van der Waals surface area (Å²) >= 11 is 0. The molecule has 0 bridgehead atoms. The predicted molar refractivity (Wildman–Crippen MR) is 91.2 cm³/mol. The molecule has 2 rings (SSSR count). The van der Waals surface area contributed by atoms with Gasteiger partial charge in [-0.3, -0.25) is 14.2 Å². The molecule has 1 N–H and O–H groups in total. The number of nitrogens with zero attached hydrogens (tertiary/aromatic N) is 3. The van der Waals surface area contributed by atoms with E-state index in [1.165, 1.54) is 8.99 Å². The van der Waals surface area contributed by atoms with Crippen molar-refractivity contribution in [1.29, 1.82) is 0 Å². The highest BCUT2D eigenvalue weighted by atomic mass is 32.2. The maximum absolute atomic E-state index is 12.7. The molecule has 1 aromatic heterocycles. The van der Waals surface area contributed by atoms with Gasteiger partial charge in [-0.25, -0.2) is 4.68 Å². The summed E-state index contributed by atoms with van der Waals surface area (Å²) in [6, 6.07) is 9.09. The van der Waals surface area contributed by atoms with Gasteiger partial charge in [-0.05, 0) is 19.1 Å². The number of anilines is 1. The first-order chi connectivity index (χ1) is 10.8. The van der Waals surface area contributed by atoms with E-state index in [4.69, 9.17) is 0 Å². The lowest BCUT2D eigenvalue weighted by Crippen LogP contribution is -2.36. The zero-order valence-corrected chi connectivity index (χ0v) is 14.6. The molecule has 126 valence electrons. The van der Waals surface area contributed by atoms with E-state index in [-0.39, 0.29) is 5.69 Å². The lowest BCUT2D eigenvalue weighted by molar-refractivity contribution is 0.449. The Kier molecular flexibility index (Phi) is 4.96. The second-order valence-electron chi connectivity index (χ2n) is 5.13. The average Bonchev–Trinajstić information content (AvgIpc) is 2.72. The monoisotopic (exact) mass is 338 g/mol. The summed E-state index contributed by atoms with van der Waals surface area (Å²) in [7, 11) is -2.03. The fourth-order valence-electron chi connectivity index (χ4n) is 2.44. The van der Waals surface area contributed by atoms with Crippen LogP contribution in [0.3, 0.4) is 0 Å². The van der Waals surface area contributed by atoms with Crippen molar-refractivity contribution in [2.75, 3.05) is 17.8 Å². The predicted octanol–water partition coefficient (Wildman–Crippen LogP) is 1.48. The van der Waals surface area contributed by atoms with Crippen LogP contribution in [-0.4, -0.2) is 35.2 Å². The van der Waals surface area contributed by atoms with Gasteiger partial charge < -0.3 is 0 Å². The molecule has 1 heterocycles. The van der Waals surface area contributed by atoms with Gasteiger partial charge in [-0.2, -0.15) is 12.7 Å². The molecule has 1 aromatic carbocycles. The molecular weight excluding hydrogens is 316 g/mol. The zero-order chi connectivity index (χ0) is 17.2. The van der Waals surface area contributed by atoms with E-state index in [2.05, 4.69) is 4.72 Å². The first-order valence-electron chi connectivity index (χ1n) is 7.45. The first kappa shape index (κ1) is 17.3. The van der Waals surface area contributed by atoms with Crippen molar-refractivity contribution in [3.63, 3.8) is 0 Å². The summed E-state index contributed by atoms with van der Waals surface area (Å²) in [4.78, 5) is 12.7. The Morgan fingerprint density at radius 2 is 1.70 bits per heavy atom. The number of para-hydroxylation sites is 1. The minimum atomic E-state index is -3.75. The molecule has 0 aliphatic rings. The summed E-state index contributed by atoms with van der Waals surface area (Å²) in [5.41, 5.74) is 0.904. The average molecular weight is 338 g/mol. The third-order valence-corrected chi connectivity index (χ3v) is 5.49. The molecule has 2 aromatic rings. The van der Waals surface area contributed by atoms with Crippen LogP contribution in [0, 0.1) is 6.92 Å². The summed E-state index contributed by atoms with van der Waals surface area (Å²) in [6.45, 7) is 5.89. The van der Waals surface area contributed by atoms with Crippen molar-refractivity contribution < 1.29 is 8.42 Å². The van der Waals surface area contributed by atoms with Crippen molar-refractivity contribution in [2.24, 2.45) is 7.05 Å². The Hall–Kier alpha value is -2.06. The molecule has 0 aliphatic heterocycles. The van der Waals surface area contributed by atoms with Crippen LogP contribution in [0.2, 0.25) is 0 Å². The van der Waals surface area contributed by atoms with Crippen molar-refractivity contribution in [3.8, 4) is 5.69 Å². The van der Waals surface area contributed by atoms with E-state index in [9.17, 15) is 13.2 Å². The van der Waals surface area contributed by atoms with Crippen LogP contribution in [0.15, 0.2) is 35.1 Å². The van der Waals surface area contributed by atoms with E-state index in [0.717, 1.165) is 0 Å². The summed E-state index contributed by atoms with van der Waals surface area (Å²) in [6.07, 6.45) is 0. The van der Waals surface area contributed by atoms with E-state index >= 15 is 0 Å². The maximum Gasteiger partial charge on any atom is 0.301 e. The molecular formula is C15H22N4O3S. The number of hydrogen-bond donors (Lipinski definition) is 1. The number of rotatable bonds is 6. The number of benzene rings is 1. The smallest absolute Gasteiger partial charge is 0.283 e. The minimum absolute atomic E-state index is 0.0725. The normalized spacial score (nSPS) is 11.9. The molecule has 0 amide bonds. The Morgan fingerprint density at radius 3 is 2.22 bits per heavy atom. The zero-order valence-electron chi connectivity index (χ0n) is 13.8. The topological polar surface area (TPSA) is 76.3 Å². The van der Waals surface area contributed by atoms with Gasteiger partial charge in [0.05, 0.1) is 11.4 Å². The van der Waals surface area contributed by atoms with Gasteiger partial charge in [-0.1, -0.05) is 32.0 Å². The van der Waals surface area contributed by atoms with Crippen molar-refractivity contribution in [1.82, 2.24) is 13.7 Å². The summed E-state index contributed by atoms with van der Waals surface area (Å²) in [5.74, 6) is 0. The van der Waals surface area contributed by atoms with Gasteiger partial charge in [0.25, 0.3) is 5.56 Å². The fourth-order valence-corrected chi connectivity index (χ4v) is 3.74. The standard InChI is InChI=1S/C15H22N4O3S/c1-5-18(6-2)23(21,22)16-14-12(3)17(4)19(15(14)20)13-10-8-7-9-11-13/h7-11,16H,5-6H2,1-4H3. The Labute approximate surface area is 136 Å². The summed E-state index contributed by atoms with van der Waals surface area (Å²) < 4.78 is 31.5. The van der Waals surface area contributed by atoms with Crippen molar-refractivity contribution in [3.05, 3.63) is 46.4 Å². The van der Waals surface area contributed by atoms with Crippen molar-refractivity contribution >= 4 is 15.9 Å². The quantitative estimate of drug-likeness (QED) is 0.867. The van der Waals surface area contributed by atoms with Crippen LogP contribution in [0.5, 0.6) is 0 Å². The van der Waals surface area contributed by atoms with Crippen LogP contribution in [-0.2, 0) is 17.3 Å². The Bertz CT molecular complexity index is 834. The van der Waals surface area contributed by atoms with Gasteiger partial charge in [0.1, 0.15) is 5.69 Å². The third kappa shape index (κ3) is 3.18. The number of aromatic nitrogens is 2. The highest BCUT2D eigenvalue weighted by Gasteiger charge is 2.24. The molecule has 0 radical (unpaired) electrons. The molecule has 0 saturated carbocycles. The van der Waals surface area contributed by atoms with Crippen molar-refractivity contribution in [2.45, 2.75) is 20.8 Å². The third-order valence-electron chi connectivity index (χ3n) is 3.83. The molecule has 0 fully saturated rings. The SMILES string of the molecule is CCN(CC)S(=O)(=O)Nc1c(C)n(C)n(-c2ccccc2)c1=O. The van der Waals surface area contributed by atoms with Gasteiger partial charge in [0, 0.05) is 20.1 Å². The van der Waals surface area contributed by atoms with E-state index in [1.807, 2.05) is 18.2 Å². The molecule has 0 saturated heterocycles. The largest absolute Gasteiger partial charge is 0.301 e. The van der Waals surface area contributed by atoms with Crippen LogP contribution in [0.4, 0.5) is 5.69 Å². The van der Waals surface area contributed by atoms with Gasteiger partial charge in [0.2, 0.25) is 0 Å². The van der Waals surface area contributed by atoms with Gasteiger partial charge in [-0.15, -0.1) is 0 Å². The molecule has 0 atom stereocenters. The minimum Gasteiger partial charge on any atom is -0.283 e. The molecule has 23 heavy (non-hydrogen) atoms. The highest BCUT2D eigenvalue weighted by Crippen LogP contribution is 2.16. The van der Waals surface area contributed by atoms with Crippen LogP contribution >= 0.6 is 0 Å². The molecule has 0 spiro atoms. The Balaban J connectivity index is 2.53. The number of hydrogen-bond acceptors (Lipinski definition) is 3. The van der Waals surface area contributed by atoms with Gasteiger partial charge in [0.15, 0.2) is 0 Å². The molecule has 0 aliphatic carbocycles. The van der Waals surface area contributed by atoms with E-state index < -0.39 is 15.8 Å². The second-order valence-corrected chi connectivity index (χ2v) is 6.80.